The lowest BCUT2D eigenvalue weighted by atomic mass is 10.1. The Hall–Kier alpha value is -2.47. The molecule has 3 nitrogen and oxygen atoms in total. The number of phenols is 1. The molecular weight excluding hydrogens is 329 g/mol. The van der Waals surface area contributed by atoms with Gasteiger partial charge in [-0.2, -0.15) is 0 Å². The summed E-state index contributed by atoms with van der Waals surface area (Å²) in [5.74, 6) is -2.72. The second kappa shape index (κ2) is 5.62. The van der Waals surface area contributed by atoms with Crippen LogP contribution in [0.4, 0.5) is 13.2 Å². The summed E-state index contributed by atoms with van der Waals surface area (Å²) >= 11 is 6.04. The summed E-state index contributed by atoms with van der Waals surface area (Å²) in [7, 11) is 0. The third kappa shape index (κ3) is 2.66. The number of hydrogen-bond acceptors (Lipinski definition) is 2. The highest BCUT2D eigenvalue weighted by Gasteiger charge is 2.23. The Labute approximate surface area is 134 Å². The molecule has 0 radical (unpaired) electrons. The van der Waals surface area contributed by atoms with E-state index in [-0.39, 0.29) is 10.8 Å². The molecule has 1 heterocycles. The van der Waals surface area contributed by atoms with E-state index in [0.717, 1.165) is 12.1 Å². The summed E-state index contributed by atoms with van der Waals surface area (Å²) in [6.45, 7) is 1.58. The summed E-state index contributed by atoms with van der Waals surface area (Å²) in [6, 6.07) is 7.02. The zero-order valence-electron chi connectivity index (χ0n) is 11.8. The predicted octanol–water partition coefficient (Wildman–Crippen LogP) is 4.62. The average Bonchev–Trinajstić information content (AvgIpc) is 2.72. The summed E-state index contributed by atoms with van der Waals surface area (Å²) in [6.07, 6.45) is 0. The molecule has 0 aliphatic rings. The van der Waals surface area contributed by atoms with Gasteiger partial charge in [0.15, 0.2) is 5.15 Å². The standard InChI is InChI=1S/C16H10ClF3N2O/c1-8-21-16(17)15(14-12(19)6-11(23)7-13(14)20)22(8)10-4-2-3-9(18)5-10/h2-7,23H,1H3. The van der Waals surface area contributed by atoms with Gasteiger partial charge in [0.2, 0.25) is 0 Å². The van der Waals surface area contributed by atoms with E-state index in [0.29, 0.717) is 11.5 Å². The van der Waals surface area contributed by atoms with Gasteiger partial charge in [-0.15, -0.1) is 0 Å². The van der Waals surface area contributed by atoms with Gasteiger partial charge in [-0.25, -0.2) is 18.2 Å². The first-order valence-corrected chi connectivity index (χ1v) is 6.95. The maximum atomic E-state index is 14.2. The number of aryl methyl sites for hydroxylation is 1. The van der Waals surface area contributed by atoms with E-state index in [2.05, 4.69) is 4.98 Å². The number of hydrogen-bond donors (Lipinski definition) is 1. The minimum atomic E-state index is -0.998. The van der Waals surface area contributed by atoms with Gasteiger partial charge in [0, 0.05) is 12.1 Å². The Balaban J connectivity index is 2.34. The molecule has 0 unspecified atom stereocenters. The van der Waals surface area contributed by atoms with E-state index in [1.165, 1.54) is 22.8 Å². The van der Waals surface area contributed by atoms with Gasteiger partial charge in [0.05, 0.1) is 16.9 Å². The normalized spacial score (nSPS) is 11.0. The Morgan fingerprint density at radius 3 is 2.35 bits per heavy atom. The molecule has 3 rings (SSSR count). The van der Waals surface area contributed by atoms with Crippen LogP contribution >= 0.6 is 11.6 Å². The van der Waals surface area contributed by atoms with Crippen LogP contribution in [0.1, 0.15) is 5.82 Å². The van der Waals surface area contributed by atoms with Crippen molar-refractivity contribution in [1.29, 1.82) is 0 Å². The van der Waals surface area contributed by atoms with E-state index in [4.69, 9.17) is 11.6 Å². The zero-order chi connectivity index (χ0) is 16.7. The van der Waals surface area contributed by atoms with Crippen LogP contribution in [-0.2, 0) is 0 Å². The van der Waals surface area contributed by atoms with E-state index in [9.17, 15) is 18.3 Å². The minimum absolute atomic E-state index is 0.0511. The van der Waals surface area contributed by atoms with Crippen LogP contribution < -0.4 is 0 Å². The van der Waals surface area contributed by atoms with Crippen LogP contribution in [0, 0.1) is 24.4 Å². The summed E-state index contributed by atoms with van der Waals surface area (Å²) in [5.41, 5.74) is -0.175. The first-order valence-electron chi connectivity index (χ1n) is 6.57. The number of aromatic hydroxyl groups is 1. The van der Waals surface area contributed by atoms with E-state index >= 15 is 0 Å². The third-order valence-corrected chi connectivity index (χ3v) is 3.60. The van der Waals surface area contributed by atoms with Gasteiger partial charge in [0.25, 0.3) is 0 Å². The van der Waals surface area contributed by atoms with E-state index < -0.39 is 28.8 Å². The minimum Gasteiger partial charge on any atom is -0.508 e. The predicted molar refractivity (Wildman–Crippen MR) is 80.3 cm³/mol. The number of halogens is 4. The molecule has 23 heavy (non-hydrogen) atoms. The Kier molecular flexibility index (Phi) is 3.77. The molecule has 0 saturated carbocycles. The second-order valence-corrected chi connectivity index (χ2v) is 5.26. The van der Waals surface area contributed by atoms with Crippen molar-refractivity contribution in [3.05, 3.63) is 64.8 Å². The van der Waals surface area contributed by atoms with Crippen molar-refractivity contribution in [2.24, 2.45) is 0 Å². The van der Waals surface area contributed by atoms with Crippen molar-refractivity contribution in [3.63, 3.8) is 0 Å². The molecule has 0 aliphatic carbocycles. The van der Waals surface area contributed by atoms with Gasteiger partial charge < -0.3 is 5.11 Å². The van der Waals surface area contributed by atoms with Gasteiger partial charge in [-0.05, 0) is 25.1 Å². The van der Waals surface area contributed by atoms with Crippen LogP contribution in [0.5, 0.6) is 5.75 Å². The topological polar surface area (TPSA) is 38.1 Å². The Morgan fingerprint density at radius 1 is 1.09 bits per heavy atom. The van der Waals surface area contributed by atoms with Gasteiger partial charge in [-0.3, -0.25) is 4.57 Å². The van der Waals surface area contributed by atoms with Crippen molar-refractivity contribution in [2.75, 3.05) is 0 Å². The highest BCUT2D eigenvalue weighted by atomic mass is 35.5. The Bertz CT molecular complexity index is 885. The first-order chi connectivity index (χ1) is 10.9. The molecule has 1 N–H and O–H groups in total. The number of nitrogens with zero attached hydrogens (tertiary/aromatic N) is 2. The van der Waals surface area contributed by atoms with Gasteiger partial charge in [-0.1, -0.05) is 17.7 Å². The van der Waals surface area contributed by atoms with Crippen molar-refractivity contribution < 1.29 is 18.3 Å². The number of imidazole rings is 1. The molecular formula is C16H10ClF3N2O. The summed E-state index contributed by atoms with van der Waals surface area (Å²) in [4.78, 5) is 4.01. The second-order valence-electron chi connectivity index (χ2n) is 4.90. The highest BCUT2D eigenvalue weighted by Crippen LogP contribution is 2.36. The fourth-order valence-corrected chi connectivity index (χ4v) is 2.73. The molecule has 0 fully saturated rings. The molecule has 7 heteroatoms. The molecule has 0 atom stereocenters. The summed E-state index contributed by atoms with van der Waals surface area (Å²) < 4.78 is 43.2. The van der Waals surface area contributed by atoms with E-state index in [1.807, 2.05) is 0 Å². The van der Waals surface area contributed by atoms with Crippen molar-refractivity contribution in [2.45, 2.75) is 6.92 Å². The fourth-order valence-electron chi connectivity index (χ4n) is 2.43. The lowest BCUT2D eigenvalue weighted by Crippen LogP contribution is -2.02. The van der Waals surface area contributed by atoms with Gasteiger partial charge >= 0.3 is 0 Å². The highest BCUT2D eigenvalue weighted by molar-refractivity contribution is 6.32. The van der Waals surface area contributed by atoms with Crippen molar-refractivity contribution >= 4 is 11.6 Å². The van der Waals surface area contributed by atoms with Crippen LogP contribution in [0.15, 0.2) is 36.4 Å². The summed E-state index contributed by atoms with van der Waals surface area (Å²) in [5, 5.41) is 9.15. The maximum Gasteiger partial charge on any atom is 0.155 e. The van der Waals surface area contributed by atoms with Crippen molar-refractivity contribution in [1.82, 2.24) is 9.55 Å². The molecule has 0 saturated heterocycles. The van der Waals surface area contributed by atoms with Crippen LogP contribution in [0.25, 0.3) is 16.9 Å². The Morgan fingerprint density at radius 2 is 1.74 bits per heavy atom. The van der Waals surface area contributed by atoms with Gasteiger partial charge in [0.1, 0.15) is 29.0 Å². The van der Waals surface area contributed by atoms with E-state index in [1.54, 1.807) is 13.0 Å². The number of phenolic OH excluding ortho intramolecular Hbond substituents is 1. The van der Waals surface area contributed by atoms with Crippen LogP contribution in [0.3, 0.4) is 0 Å². The third-order valence-electron chi connectivity index (χ3n) is 3.33. The molecule has 1 aromatic heterocycles. The molecule has 2 aromatic carbocycles. The molecule has 0 spiro atoms. The largest absolute Gasteiger partial charge is 0.508 e. The number of aromatic nitrogens is 2. The lowest BCUT2D eigenvalue weighted by molar-refractivity contribution is 0.461. The zero-order valence-corrected chi connectivity index (χ0v) is 12.6. The lowest BCUT2D eigenvalue weighted by Gasteiger charge is -2.12. The van der Waals surface area contributed by atoms with Crippen molar-refractivity contribution in [3.8, 4) is 22.7 Å². The SMILES string of the molecule is Cc1nc(Cl)c(-c2c(F)cc(O)cc2F)n1-c1cccc(F)c1. The van der Waals surface area contributed by atoms with Crippen LogP contribution in [-0.4, -0.2) is 14.7 Å². The number of rotatable bonds is 2. The maximum absolute atomic E-state index is 14.2. The molecule has 3 aromatic rings. The quantitative estimate of drug-likeness (QED) is 0.740. The average molecular weight is 339 g/mol. The molecule has 118 valence electrons. The molecule has 0 bridgehead atoms. The number of benzene rings is 2. The molecule has 0 aliphatic heterocycles. The van der Waals surface area contributed by atoms with Crippen LogP contribution in [0.2, 0.25) is 5.15 Å². The first kappa shape index (κ1) is 15.4. The molecule has 0 amide bonds. The monoisotopic (exact) mass is 338 g/mol. The fraction of sp³-hybridized carbons (Fsp3) is 0.0625. The smallest absolute Gasteiger partial charge is 0.155 e.